The Morgan fingerprint density at radius 2 is 2.29 bits per heavy atom. The van der Waals surface area contributed by atoms with Gasteiger partial charge in [-0.25, -0.2) is 4.79 Å². The van der Waals surface area contributed by atoms with E-state index in [1.807, 2.05) is 0 Å². The third-order valence-electron chi connectivity index (χ3n) is 2.34. The van der Waals surface area contributed by atoms with E-state index in [2.05, 4.69) is 5.32 Å². The second kappa shape index (κ2) is 3.35. The maximum atomic E-state index is 10.7. The molecule has 2 aliphatic rings. The zero-order valence-corrected chi connectivity index (χ0v) is 7.16. The van der Waals surface area contributed by atoms with Gasteiger partial charge in [-0.3, -0.25) is 5.32 Å². The summed E-state index contributed by atoms with van der Waals surface area (Å²) in [4.78, 5) is 10.7. The van der Waals surface area contributed by atoms with E-state index in [4.69, 9.17) is 14.6 Å². The van der Waals surface area contributed by atoms with Crippen LogP contribution in [0.2, 0.25) is 0 Å². The summed E-state index contributed by atoms with van der Waals surface area (Å²) >= 11 is 0. The molecule has 1 amide bonds. The molecule has 0 bridgehead atoms. The fourth-order valence-electron chi connectivity index (χ4n) is 1.64. The molecule has 0 saturated carbocycles. The first kappa shape index (κ1) is 9.66. The molecular weight excluding hydrogens is 194 g/mol. The third-order valence-corrected chi connectivity index (χ3v) is 2.34. The normalized spacial score (nSPS) is 42.9. The maximum Gasteiger partial charge on any atom is 0.409 e. The van der Waals surface area contributed by atoms with Crippen LogP contribution in [0, 0.1) is 0 Å². The van der Waals surface area contributed by atoms with Crippen molar-refractivity contribution in [3.05, 3.63) is 0 Å². The molecule has 7 heteroatoms. The number of hydrogen-bond acceptors (Lipinski definition) is 6. The minimum atomic E-state index is -1.18. The topological polar surface area (TPSA) is 108 Å². The second-order valence-corrected chi connectivity index (χ2v) is 3.28. The van der Waals surface area contributed by atoms with Crippen LogP contribution in [0.5, 0.6) is 0 Å². The Labute approximate surface area is 79.2 Å². The van der Waals surface area contributed by atoms with Gasteiger partial charge in [0.1, 0.15) is 18.3 Å². The van der Waals surface area contributed by atoms with Crippen LogP contribution in [0.4, 0.5) is 4.79 Å². The Morgan fingerprint density at radius 1 is 1.57 bits per heavy atom. The van der Waals surface area contributed by atoms with Gasteiger partial charge >= 0.3 is 6.09 Å². The monoisotopic (exact) mass is 205 g/mol. The fraction of sp³-hybridized carbons (Fsp3) is 0.857. The van der Waals surface area contributed by atoms with Crippen molar-refractivity contribution in [2.45, 2.75) is 30.6 Å². The predicted octanol–water partition coefficient (Wildman–Crippen LogP) is -2.47. The largest absolute Gasteiger partial charge is 0.438 e. The molecule has 7 nitrogen and oxygen atoms in total. The number of fused-ring (bicyclic) bond motifs is 1. The van der Waals surface area contributed by atoms with Gasteiger partial charge in [0.25, 0.3) is 0 Å². The van der Waals surface area contributed by atoms with E-state index in [1.54, 1.807) is 0 Å². The summed E-state index contributed by atoms with van der Waals surface area (Å²) in [6, 6.07) is 0. The molecule has 4 N–H and O–H groups in total. The lowest BCUT2D eigenvalue weighted by atomic mass is 10.1. The van der Waals surface area contributed by atoms with Crippen LogP contribution < -0.4 is 5.32 Å². The molecule has 0 aromatic rings. The number of rotatable bonds is 2. The lowest BCUT2D eigenvalue weighted by molar-refractivity contribution is -0.0862. The average Bonchev–Trinajstić information content (AvgIpc) is 2.64. The number of aliphatic hydroxyl groups excluding tert-OH is 3. The number of ether oxygens (including phenoxy) is 2. The zero-order chi connectivity index (χ0) is 10.3. The highest BCUT2D eigenvalue weighted by molar-refractivity contribution is 5.70. The molecule has 0 aromatic heterocycles. The van der Waals surface area contributed by atoms with Gasteiger partial charge < -0.3 is 24.8 Å². The van der Waals surface area contributed by atoms with Gasteiger partial charge in [-0.1, -0.05) is 0 Å². The van der Waals surface area contributed by atoms with Crippen LogP contribution in [-0.2, 0) is 9.47 Å². The summed E-state index contributed by atoms with van der Waals surface area (Å²) in [5.74, 6) is 0. The van der Waals surface area contributed by atoms with Gasteiger partial charge in [0, 0.05) is 0 Å². The Balaban J connectivity index is 2.05. The summed E-state index contributed by atoms with van der Waals surface area (Å²) in [5, 5.41) is 29.8. The van der Waals surface area contributed by atoms with Crippen LogP contribution in [0.3, 0.4) is 0 Å². The first-order valence-corrected chi connectivity index (χ1v) is 4.23. The van der Waals surface area contributed by atoms with E-state index in [-0.39, 0.29) is 0 Å². The molecule has 14 heavy (non-hydrogen) atoms. The van der Waals surface area contributed by atoms with Crippen LogP contribution >= 0.6 is 0 Å². The summed E-state index contributed by atoms with van der Waals surface area (Å²) in [7, 11) is 0. The highest BCUT2D eigenvalue weighted by atomic mass is 16.6. The van der Waals surface area contributed by atoms with Crippen LogP contribution in [0.15, 0.2) is 0 Å². The number of hydrogen-bond donors (Lipinski definition) is 4. The molecule has 2 rings (SSSR count). The highest BCUT2D eigenvalue weighted by Gasteiger charge is 2.52. The van der Waals surface area contributed by atoms with Crippen molar-refractivity contribution in [1.29, 1.82) is 0 Å². The second-order valence-electron chi connectivity index (χ2n) is 3.28. The summed E-state index contributed by atoms with van der Waals surface area (Å²) in [6.07, 6.45) is -5.46. The number of amides is 1. The van der Waals surface area contributed by atoms with Crippen LogP contribution in [0.1, 0.15) is 0 Å². The minimum absolute atomic E-state index is 0.519. The van der Waals surface area contributed by atoms with Gasteiger partial charge in [-0.2, -0.15) is 0 Å². The first-order valence-electron chi connectivity index (χ1n) is 4.23. The van der Waals surface area contributed by atoms with Crippen molar-refractivity contribution >= 4 is 6.09 Å². The average molecular weight is 205 g/mol. The standard InChI is InChI=1S/C7H11NO6/c9-1-2(10)4-3(11)5-6(13-4)8-7(12)14-5/h2-6,9-11H,1H2,(H,8,12)/t2-,3+,4+,5-,6+/m1/s1. The summed E-state index contributed by atoms with van der Waals surface area (Å²) < 4.78 is 9.81. The molecule has 0 aromatic carbocycles. The first-order chi connectivity index (χ1) is 6.63. The molecule has 2 aliphatic heterocycles. The minimum Gasteiger partial charge on any atom is -0.438 e. The Hall–Kier alpha value is -0.890. The number of carbonyl (C=O) groups is 1. The van der Waals surface area contributed by atoms with Crippen molar-refractivity contribution in [1.82, 2.24) is 5.32 Å². The quantitative estimate of drug-likeness (QED) is 0.398. The van der Waals surface area contributed by atoms with Crippen LogP contribution in [-0.4, -0.2) is 58.7 Å². The zero-order valence-electron chi connectivity index (χ0n) is 7.16. The molecule has 2 fully saturated rings. The SMILES string of the molecule is O=C1N[C@H]2O[C@@H]([C@H](O)CO)[C@H](O)[C@H]2O1. The summed E-state index contributed by atoms with van der Waals surface area (Å²) in [5.41, 5.74) is 0. The van der Waals surface area contributed by atoms with E-state index < -0.39 is 43.3 Å². The van der Waals surface area contributed by atoms with Gasteiger partial charge in [0.15, 0.2) is 12.3 Å². The van der Waals surface area contributed by atoms with Gasteiger partial charge in [-0.05, 0) is 0 Å². The maximum absolute atomic E-state index is 10.7. The smallest absolute Gasteiger partial charge is 0.409 e. The number of carbonyl (C=O) groups excluding carboxylic acids is 1. The van der Waals surface area contributed by atoms with Crippen molar-refractivity contribution < 1.29 is 29.6 Å². The molecule has 0 spiro atoms. The fourth-order valence-corrected chi connectivity index (χ4v) is 1.64. The van der Waals surface area contributed by atoms with Gasteiger partial charge in [-0.15, -0.1) is 0 Å². The van der Waals surface area contributed by atoms with Crippen molar-refractivity contribution in [3.8, 4) is 0 Å². The van der Waals surface area contributed by atoms with E-state index in [1.165, 1.54) is 0 Å². The van der Waals surface area contributed by atoms with E-state index in [0.717, 1.165) is 0 Å². The Bertz CT molecular complexity index is 246. The van der Waals surface area contributed by atoms with Crippen molar-refractivity contribution in [3.63, 3.8) is 0 Å². The van der Waals surface area contributed by atoms with Gasteiger partial charge in [0.2, 0.25) is 0 Å². The van der Waals surface area contributed by atoms with E-state index in [9.17, 15) is 15.0 Å². The Kier molecular flexibility index (Phi) is 2.31. The summed E-state index contributed by atoms with van der Waals surface area (Å²) in [6.45, 7) is -0.519. The Morgan fingerprint density at radius 3 is 2.86 bits per heavy atom. The van der Waals surface area contributed by atoms with Gasteiger partial charge in [0.05, 0.1) is 6.61 Å². The van der Waals surface area contributed by atoms with E-state index >= 15 is 0 Å². The predicted molar refractivity (Wildman–Crippen MR) is 41.2 cm³/mol. The molecular formula is C7H11NO6. The highest BCUT2D eigenvalue weighted by Crippen LogP contribution is 2.28. The van der Waals surface area contributed by atoms with E-state index in [0.29, 0.717) is 0 Å². The molecule has 2 heterocycles. The number of alkyl carbamates (subject to hydrolysis) is 1. The van der Waals surface area contributed by atoms with Crippen LogP contribution in [0.25, 0.3) is 0 Å². The number of nitrogens with one attached hydrogen (secondary N) is 1. The molecule has 0 aliphatic carbocycles. The van der Waals surface area contributed by atoms with Crippen molar-refractivity contribution in [2.75, 3.05) is 6.61 Å². The lowest BCUT2D eigenvalue weighted by Gasteiger charge is -2.19. The number of aliphatic hydroxyl groups is 3. The molecule has 0 unspecified atom stereocenters. The third kappa shape index (κ3) is 1.34. The molecule has 0 radical (unpaired) electrons. The van der Waals surface area contributed by atoms with Crippen molar-refractivity contribution in [2.24, 2.45) is 0 Å². The molecule has 5 atom stereocenters. The molecule has 2 saturated heterocycles. The lowest BCUT2D eigenvalue weighted by Crippen LogP contribution is -2.41. The molecule has 80 valence electrons.